The molecule has 1 amide bonds. The van der Waals surface area contributed by atoms with Gasteiger partial charge in [0.15, 0.2) is 11.5 Å². The number of nitriles is 1. The van der Waals surface area contributed by atoms with Gasteiger partial charge in [-0.3, -0.25) is 14.7 Å². The lowest BCUT2D eigenvalue weighted by molar-refractivity contribution is -0.122. The second-order valence-electron chi connectivity index (χ2n) is 7.60. The highest BCUT2D eigenvalue weighted by Gasteiger charge is 2.18. The Labute approximate surface area is 194 Å². The van der Waals surface area contributed by atoms with Crippen LogP contribution in [-0.2, 0) is 11.3 Å². The number of aromatic nitrogens is 1. The van der Waals surface area contributed by atoms with Gasteiger partial charge in [0.2, 0.25) is 5.91 Å². The summed E-state index contributed by atoms with van der Waals surface area (Å²) in [6.45, 7) is 0.872. The van der Waals surface area contributed by atoms with Gasteiger partial charge in [0.25, 0.3) is 0 Å². The Kier molecular flexibility index (Phi) is 6.49. The average molecular weight is 470 g/mol. The van der Waals surface area contributed by atoms with Gasteiger partial charge >= 0.3 is 0 Å². The molecule has 1 aromatic heterocycles. The number of carbonyl (C=O) groups is 1. The van der Waals surface area contributed by atoms with E-state index in [4.69, 9.17) is 21.1 Å². The molecule has 4 rings (SSSR count). The van der Waals surface area contributed by atoms with E-state index in [2.05, 4.69) is 21.7 Å². The van der Waals surface area contributed by atoms with Crippen molar-refractivity contribution < 1.29 is 18.7 Å². The van der Waals surface area contributed by atoms with Crippen LogP contribution in [0.25, 0.3) is 10.9 Å². The quantitative estimate of drug-likeness (QED) is 0.561. The van der Waals surface area contributed by atoms with E-state index in [-0.39, 0.29) is 37.2 Å². The molecule has 0 radical (unpaired) electrons. The first-order chi connectivity index (χ1) is 15.9. The maximum absolute atomic E-state index is 14.3. The zero-order valence-electron chi connectivity index (χ0n) is 18.0. The fourth-order valence-corrected chi connectivity index (χ4v) is 3.82. The number of fused-ring (bicyclic) bond motifs is 2. The molecular formula is C23H21ClFN5O3. The Morgan fingerprint density at radius 1 is 1.30 bits per heavy atom. The van der Waals surface area contributed by atoms with Crippen LogP contribution in [-0.4, -0.2) is 49.6 Å². The van der Waals surface area contributed by atoms with Gasteiger partial charge in [-0.2, -0.15) is 5.26 Å². The van der Waals surface area contributed by atoms with Gasteiger partial charge < -0.3 is 20.1 Å². The van der Waals surface area contributed by atoms with E-state index in [1.54, 1.807) is 24.1 Å². The molecule has 0 saturated heterocycles. The molecule has 8 nitrogen and oxygen atoms in total. The van der Waals surface area contributed by atoms with Gasteiger partial charge in [-0.1, -0.05) is 11.6 Å². The maximum Gasteiger partial charge on any atom is 0.234 e. The van der Waals surface area contributed by atoms with Crippen LogP contribution in [0.1, 0.15) is 11.1 Å². The summed E-state index contributed by atoms with van der Waals surface area (Å²) in [4.78, 5) is 18.4. The monoisotopic (exact) mass is 469 g/mol. The Hall–Kier alpha value is -3.61. The minimum Gasteiger partial charge on any atom is -0.493 e. The molecule has 1 aliphatic heterocycles. The highest BCUT2D eigenvalue weighted by Crippen LogP contribution is 2.38. The molecule has 1 aliphatic rings. The Morgan fingerprint density at radius 2 is 2.12 bits per heavy atom. The molecule has 2 N–H and O–H groups in total. The number of ether oxygens (including phenoxy) is 2. The highest BCUT2D eigenvalue weighted by atomic mass is 35.5. The van der Waals surface area contributed by atoms with Crippen molar-refractivity contribution in [2.24, 2.45) is 0 Å². The van der Waals surface area contributed by atoms with Crippen molar-refractivity contribution >= 4 is 39.8 Å². The molecule has 0 spiro atoms. The van der Waals surface area contributed by atoms with Gasteiger partial charge in [0.1, 0.15) is 18.5 Å². The van der Waals surface area contributed by atoms with Crippen LogP contribution < -0.4 is 20.1 Å². The summed E-state index contributed by atoms with van der Waals surface area (Å²) < 4.78 is 25.6. The normalized spacial score (nSPS) is 14.8. The molecule has 10 heteroatoms. The summed E-state index contributed by atoms with van der Waals surface area (Å²) in [7, 11) is 3.27. The van der Waals surface area contributed by atoms with E-state index in [0.29, 0.717) is 44.9 Å². The highest BCUT2D eigenvalue weighted by molar-refractivity contribution is 6.31. The van der Waals surface area contributed by atoms with Gasteiger partial charge in [-0.05, 0) is 30.8 Å². The molecule has 0 fully saturated rings. The molecule has 0 unspecified atom stereocenters. The Morgan fingerprint density at radius 3 is 2.88 bits per heavy atom. The number of amides is 1. The second-order valence-corrected chi connectivity index (χ2v) is 8.01. The van der Waals surface area contributed by atoms with Crippen molar-refractivity contribution in [2.75, 3.05) is 39.2 Å². The standard InChI is InChI=1S/C23H21ClFN5O3/c1-30-11-13-5-17(25)16(24)7-18(13)29-23-14(9-26)10-28-19-8-20(32-2)21(6-15(19)23)33-4-3-27-22(31)12-30/h5-8,10,29H,3-4,11-12H2,1-2H3,(H,27,31). The van der Waals surface area contributed by atoms with Crippen molar-refractivity contribution in [3.8, 4) is 17.6 Å². The number of hydrogen-bond donors (Lipinski definition) is 2. The number of rotatable bonds is 1. The Bertz CT molecular complexity index is 1280. The predicted molar refractivity (Wildman–Crippen MR) is 123 cm³/mol. The maximum atomic E-state index is 14.3. The number of pyridine rings is 1. The number of carbonyl (C=O) groups excluding carboxylic acids is 1. The fourth-order valence-electron chi connectivity index (χ4n) is 3.66. The lowest BCUT2D eigenvalue weighted by atomic mass is 10.1. The van der Waals surface area contributed by atoms with E-state index >= 15 is 0 Å². The third-order valence-electron chi connectivity index (χ3n) is 5.22. The molecule has 0 atom stereocenters. The summed E-state index contributed by atoms with van der Waals surface area (Å²) in [5.74, 6) is 0.130. The summed E-state index contributed by atoms with van der Waals surface area (Å²) in [5.41, 5.74) is 2.42. The number of halogens is 2. The first-order valence-corrected chi connectivity index (χ1v) is 10.5. The zero-order chi connectivity index (χ0) is 23.5. The predicted octanol–water partition coefficient (Wildman–Crippen LogP) is 3.59. The SMILES string of the molecule is COc1cc2ncc(C#N)c3c2cc1OCCNC(=O)CN(C)Cc1cc(F)c(Cl)cc1N3. The molecule has 2 heterocycles. The van der Waals surface area contributed by atoms with Crippen LogP contribution in [0.4, 0.5) is 15.8 Å². The van der Waals surface area contributed by atoms with Gasteiger partial charge in [0, 0.05) is 29.9 Å². The third kappa shape index (κ3) is 4.77. The molecule has 2 bridgehead atoms. The van der Waals surface area contributed by atoms with Crippen LogP contribution in [0, 0.1) is 17.1 Å². The van der Waals surface area contributed by atoms with Crippen molar-refractivity contribution in [1.29, 1.82) is 5.26 Å². The minimum absolute atomic E-state index is 0.0675. The molecule has 0 aliphatic carbocycles. The number of methoxy groups -OCH3 is 1. The average Bonchev–Trinajstić information content (AvgIpc) is 2.79. The summed E-state index contributed by atoms with van der Waals surface area (Å²) >= 11 is 6.08. The van der Waals surface area contributed by atoms with Gasteiger partial charge in [-0.25, -0.2) is 4.39 Å². The molecule has 33 heavy (non-hydrogen) atoms. The van der Waals surface area contributed by atoms with E-state index < -0.39 is 5.82 Å². The van der Waals surface area contributed by atoms with E-state index in [1.165, 1.54) is 25.4 Å². The number of anilines is 2. The van der Waals surface area contributed by atoms with Crippen molar-refractivity contribution in [3.63, 3.8) is 0 Å². The lowest BCUT2D eigenvalue weighted by Gasteiger charge is -2.20. The van der Waals surface area contributed by atoms with E-state index in [0.717, 1.165) is 0 Å². The summed E-state index contributed by atoms with van der Waals surface area (Å²) in [5, 5.41) is 16.3. The van der Waals surface area contributed by atoms with Crippen molar-refractivity contribution in [3.05, 3.63) is 52.4 Å². The molecule has 0 saturated carbocycles. The van der Waals surface area contributed by atoms with Gasteiger partial charge in [0.05, 0.1) is 42.0 Å². The fraction of sp³-hybridized carbons (Fsp3) is 0.261. The number of nitrogens with zero attached hydrogens (tertiary/aromatic N) is 3. The van der Waals surface area contributed by atoms with Gasteiger partial charge in [-0.15, -0.1) is 0 Å². The largest absolute Gasteiger partial charge is 0.493 e. The number of likely N-dealkylation sites (N-methyl/N-ethyl adjacent to an activating group) is 1. The van der Waals surface area contributed by atoms with Crippen LogP contribution in [0.2, 0.25) is 5.02 Å². The topological polar surface area (TPSA) is 99.5 Å². The first-order valence-electron chi connectivity index (χ1n) is 10.1. The van der Waals surface area contributed by atoms with Crippen LogP contribution in [0.3, 0.4) is 0 Å². The number of hydrogen-bond acceptors (Lipinski definition) is 7. The summed E-state index contributed by atoms with van der Waals surface area (Å²) in [6.07, 6.45) is 1.46. The second kappa shape index (κ2) is 9.48. The Balaban J connectivity index is 1.93. The molecule has 2 aromatic carbocycles. The van der Waals surface area contributed by atoms with E-state index in [9.17, 15) is 14.4 Å². The molecular weight excluding hydrogens is 449 g/mol. The third-order valence-corrected chi connectivity index (χ3v) is 5.50. The summed E-state index contributed by atoms with van der Waals surface area (Å²) in [6, 6.07) is 8.36. The zero-order valence-corrected chi connectivity index (χ0v) is 18.8. The van der Waals surface area contributed by atoms with Crippen LogP contribution in [0.5, 0.6) is 11.5 Å². The van der Waals surface area contributed by atoms with Crippen molar-refractivity contribution in [2.45, 2.75) is 6.54 Å². The molecule has 3 aromatic rings. The smallest absolute Gasteiger partial charge is 0.234 e. The molecule has 170 valence electrons. The first kappa shape index (κ1) is 22.6. The van der Waals surface area contributed by atoms with Crippen LogP contribution in [0.15, 0.2) is 30.5 Å². The lowest BCUT2D eigenvalue weighted by Crippen LogP contribution is -2.36. The van der Waals surface area contributed by atoms with E-state index in [1.807, 2.05) is 0 Å². The number of nitrogens with one attached hydrogen (secondary N) is 2. The van der Waals surface area contributed by atoms with Crippen LogP contribution >= 0.6 is 11.6 Å². The number of benzene rings is 2. The minimum atomic E-state index is -0.575. The van der Waals surface area contributed by atoms with Crippen molar-refractivity contribution in [1.82, 2.24) is 15.2 Å².